The van der Waals surface area contributed by atoms with Crippen molar-refractivity contribution in [1.29, 1.82) is 0 Å². The molecule has 0 saturated heterocycles. The molecule has 0 fully saturated rings. The second-order valence-electron chi connectivity index (χ2n) is 5.14. The zero-order valence-electron chi connectivity index (χ0n) is 13.0. The first-order valence-corrected chi connectivity index (χ1v) is 7.93. The molecule has 0 heterocycles. The molecule has 126 valence electrons. The number of halogens is 1. The summed E-state index contributed by atoms with van der Waals surface area (Å²) in [5.74, 6) is -0.0840. The van der Waals surface area contributed by atoms with E-state index in [1.54, 1.807) is 24.3 Å². The minimum absolute atomic E-state index is 0.0162. The number of aryl methyl sites for hydroxylation is 1. The van der Waals surface area contributed by atoms with Crippen molar-refractivity contribution in [2.45, 2.75) is 12.8 Å². The summed E-state index contributed by atoms with van der Waals surface area (Å²) < 4.78 is 0. The maximum atomic E-state index is 11.8. The normalized spacial score (nSPS) is 10.2. The van der Waals surface area contributed by atoms with Crippen LogP contribution < -0.4 is 10.6 Å². The number of para-hydroxylation sites is 2. The van der Waals surface area contributed by atoms with Crippen molar-refractivity contribution in [1.82, 2.24) is 5.32 Å². The van der Waals surface area contributed by atoms with Crippen LogP contribution in [0.15, 0.2) is 48.5 Å². The van der Waals surface area contributed by atoms with Crippen LogP contribution in [0, 0.1) is 10.1 Å². The van der Waals surface area contributed by atoms with Gasteiger partial charge in [0.1, 0.15) is 5.69 Å². The molecule has 0 aromatic heterocycles. The number of carbonyl (C=O) groups excluding carboxylic acids is 1. The van der Waals surface area contributed by atoms with Crippen LogP contribution >= 0.6 is 11.6 Å². The first-order chi connectivity index (χ1) is 11.6. The maximum Gasteiger partial charge on any atom is 0.292 e. The van der Waals surface area contributed by atoms with E-state index < -0.39 is 4.92 Å². The van der Waals surface area contributed by atoms with Crippen molar-refractivity contribution < 1.29 is 9.72 Å². The van der Waals surface area contributed by atoms with Crippen molar-refractivity contribution in [2.24, 2.45) is 0 Å². The van der Waals surface area contributed by atoms with E-state index in [-0.39, 0.29) is 11.6 Å². The Kier molecular flexibility index (Phi) is 6.57. The highest BCUT2D eigenvalue weighted by atomic mass is 35.5. The van der Waals surface area contributed by atoms with Gasteiger partial charge in [0, 0.05) is 30.6 Å². The van der Waals surface area contributed by atoms with Gasteiger partial charge in [0.2, 0.25) is 5.91 Å². The molecule has 24 heavy (non-hydrogen) atoms. The van der Waals surface area contributed by atoms with Gasteiger partial charge in [0.15, 0.2) is 0 Å². The number of hydrogen-bond acceptors (Lipinski definition) is 4. The summed E-state index contributed by atoms with van der Waals surface area (Å²) in [4.78, 5) is 22.3. The lowest BCUT2D eigenvalue weighted by atomic mass is 10.1. The molecule has 0 saturated carbocycles. The third kappa shape index (κ3) is 5.24. The Labute approximate surface area is 145 Å². The van der Waals surface area contributed by atoms with E-state index >= 15 is 0 Å². The van der Waals surface area contributed by atoms with E-state index in [2.05, 4.69) is 10.6 Å². The molecule has 0 aliphatic carbocycles. The molecule has 7 heteroatoms. The standard InChI is InChI=1S/C17H18ClN3O3/c18-14-6-2-1-5-13(14)9-10-17(22)20-12-11-19-15-7-3-4-8-16(15)21(23)24/h1-8,19H,9-12H2,(H,20,22). The molecule has 0 atom stereocenters. The van der Waals surface area contributed by atoms with Gasteiger partial charge in [-0.2, -0.15) is 0 Å². The van der Waals surface area contributed by atoms with Gasteiger partial charge >= 0.3 is 0 Å². The van der Waals surface area contributed by atoms with Crippen LogP contribution in [-0.4, -0.2) is 23.9 Å². The summed E-state index contributed by atoms with van der Waals surface area (Å²) in [6, 6.07) is 13.8. The fraction of sp³-hybridized carbons (Fsp3) is 0.235. The van der Waals surface area contributed by atoms with Crippen molar-refractivity contribution in [3.8, 4) is 0 Å². The van der Waals surface area contributed by atoms with Crippen LogP contribution in [0.2, 0.25) is 5.02 Å². The minimum Gasteiger partial charge on any atom is -0.378 e. The van der Waals surface area contributed by atoms with Gasteiger partial charge in [-0.3, -0.25) is 14.9 Å². The highest BCUT2D eigenvalue weighted by Crippen LogP contribution is 2.22. The van der Waals surface area contributed by atoms with Gasteiger partial charge in [-0.05, 0) is 24.1 Å². The van der Waals surface area contributed by atoms with Crippen LogP contribution in [0.5, 0.6) is 0 Å². The fourth-order valence-corrected chi connectivity index (χ4v) is 2.45. The van der Waals surface area contributed by atoms with Crippen LogP contribution in [0.25, 0.3) is 0 Å². The van der Waals surface area contributed by atoms with E-state index in [0.29, 0.717) is 36.6 Å². The molecule has 6 nitrogen and oxygen atoms in total. The van der Waals surface area contributed by atoms with E-state index in [1.165, 1.54) is 6.07 Å². The summed E-state index contributed by atoms with van der Waals surface area (Å²) in [6.07, 6.45) is 0.915. The topological polar surface area (TPSA) is 84.3 Å². The Bertz CT molecular complexity index is 722. The predicted molar refractivity (Wildman–Crippen MR) is 94.4 cm³/mol. The number of anilines is 1. The van der Waals surface area contributed by atoms with Gasteiger partial charge < -0.3 is 10.6 Å². The van der Waals surface area contributed by atoms with Gasteiger partial charge in [0.05, 0.1) is 4.92 Å². The van der Waals surface area contributed by atoms with Gasteiger partial charge in [-0.25, -0.2) is 0 Å². The third-order valence-corrected chi connectivity index (χ3v) is 3.81. The molecule has 0 bridgehead atoms. The number of nitrogens with zero attached hydrogens (tertiary/aromatic N) is 1. The van der Waals surface area contributed by atoms with Crippen LogP contribution in [0.4, 0.5) is 11.4 Å². The number of nitrogens with one attached hydrogen (secondary N) is 2. The first-order valence-electron chi connectivity index (χ1n) is 7.55. The summed E-state index contributed by atoms with van der Waals surface area (Å²) in [5.41, 5.74) is 1.39. The van der Waals surface area contributed by atoms with Crippen molar-refractivity contribution in [2.75, 3.05) is 18.4 Å². The molecule has 0 spiro atoms. The Hall–Kier alpha value is -2.60. The molecular weight excluding hydrogens is 330 g/mol. The Morgan fingerprint density at radius 1 is 1.08 bits per heavy atom. The van der Waals surface area contributed by atoms with Crippen LogP contribution in [0.3, 0.4) is 0 Å². The van der Waals surface area contributed by atoms with E-state index in [0.717, 1.165) is 5.56 Å². The number of rotatable bonds is 8. The smallest absolute Gasteiger partial charge is 0.292 e. The third-order valence-electron chi connectivity index (χ3n) is 3.44. The predicted octanol–water partition coefficient (Wildman–Crippen LogP) is 3.41. The van der Waals surface area contributed by atoms with Crippen molar-refractivity contribution >= 4 is 28.9 Å². The molecule has 1 amide bonds. The molecular formula is C17H18ClN3O3. The number of nitro benzene ring substituents is 1. The first kappa shape index (κ1) is 17.7. The molecule has 2 aromatic carbocycles. The molecule has 0 aliphatic rings. The number of carbonyl (C=O) groups is 1. The lowest BCUT2D eigenvalue weighted by molar-refractivity contribution is -0.384. The number of hydrogen-bond donors (Lipinski definition) is 2. The Morgan fingerprint density at radius 3 is 2.54 bits per heavy atom. The second kappa shape index (κ2) is 8.88. The largest absolute Gasteiger partial charge is 0.378 e. The summed E-state index contributed by atoms with van der Waals surface area (Å²) in [6.45, 7) is 0.788. The lowest BCUT2D eigenvalue weighted by Crippen LogP contribution is -2.29. The van der Waals surface area contributed by atoms with Crippen LogP contribution in [0.1, 0.15) is 12.0 Å². The lowest BCUT2D eigenvalue weighted by Gasteiger charge is -2.09. The van der Waals surface area contributed by atoms with Crippen molar-refractivity contribution in [3.63, 3.8) is 0 Å². The number of amides is 1. The number of nitro groups is 1. The summed E-state index contributed by atoms with van der Waals surface area (Å²) >= 11 is 6.05. The maximum absolute atomic E-state index is 11.8. The van der Waals surface area contributed by atoms with E-state index in [9.17, 15) is 14.9 Å². The van der Waals surface area contributed by atoms with E-state index in [4.69, 9.17) is 11.6 Å². The van der Waals surface area contributed by atoms with E-state index in [1.807, 2.05) is 18.2 Å². The highest BCUT2D eigenvalue weighted by Gasteiger charge is 2.11. The minimum atomic E-state index is -0.440. The average molecular weight is 348 g/mol. The van der Waals surface area contributed by atoms with Crippen molar-refractivity contribution in [3.05, 3.63) is 69.2 Å². The zero-order chi connectivity index (χ0) is 17.4. The quantitative estimate of drug-likeness (QED) is 0.435. The summed E-state index contributed by atoms with van der Waals surface area (Å²) in [5, 5.41) is 17.3. The molecule has 0 unspecified atom stereocenters. The zero-order valence-corrected chi connectivity index (χ0v) is 13.8. The van der Waals surface area contributed by atoms with Crippen LogP contribution in [-0.2, 0) is 11.2 Å². The molecule has 0 radical (unpaired) electrons. The highest BCUT2D eigenvalue weighted by molar-refractivity contribution is 6.31. The molecule has 2 N–H and O–H groups in total. The Morgan fingerprint density at radius 2 is 1.79 bits per heavy atom. The second-order valence-corrected chi connectivity index (χ2v) is 5.55. The Balaban J connectivity index is 1.72. The van der Waals surface area contributed by atoms with Gasteiger partial charge in [-0.15, -0.1) is 0 Å². The molecule has 2 rings (SSSR count). The fourth-order valence-electron chi connectivity index (χ4n) is 2.22. The SMILES string of the molecule is O=C(CCc1ccccc1Cl)NCCNc1ccccc1[N+](=O)[O-]. The van der Waals surface area contributed by atoms with Gasteiger partial charge in [0.25, 0.3) is 5.69 Å². The van der Waals surface area contributed by atoms with Gasteiger partial charge in [-0.1, -0.05) is 41.9 Å². The average Bonchev–Trinajstić information content (AvgIpc) is 2.58. The number of benzene rings is 2. The summed E-state index contributed by atoms with van der Waals surface area (Å²) in [7, 11) is 0. The monoisotopic (exact) mass is 347 g/mol. The molecule has 2 aromatic rings. The molecule has 0 aliphatic heterocycles.